The Morgan fingerprint density at radius 3 is 2.30 bits per heavy atom. The maximum atomic E-state index is 12.1. The molecule has 2 rings (SSSR count). The summed E-state index contributed by atoms with van der Waals surface area (Å²) in [6, 6.07) is 9.18. The highest BCUT2D eigenvalue weighted by Gasteiger charge is 2.09. The van der Waals surface area contributed by atoms with E-state index < -0.39 is 0 Å². The van der Waals surface area contributed by atoms with Crippen LogP contribution in [0.25, 0.3) is 0 Å². The van der Waals surface area contributed by atoms with Gasteiger partial charge in [0.1, 0.15) is 0 Å². The molecule has 0 aliphatic rings. The van der Waals surface area contributed by atoms with Crippen molar-refractivity contribution in [1.29, 1.82) is 0 Å². The van der Waals surface area contributed by atoms with Crippen LogP contribution in [-0.4, -0.2) is 16.8 Å². The fourth-order valence-electron chi connectivity index (χ4n) is 2.10. The Morgan fingerprint density at radius 1 is 1.17 bits per heavy atom. The molecule has 23 heavy (non-hydrogen) atoms. The van der Waals surface area contributed by atoms with Crippen LogP contribution in [0.5, 0.6) is 5.75 Å². The molecule has 2 N–H and O–H groups in total. The number of halogens is 2. The Balaban J connectivity index is 1.90. The lowest BCUT2D eigenvalue weighted by Gasteiger charge is -2.11. The third-order valence-electron chi connectivity index (χ3n) is 3.33. The van der Waals surface area contributed by atoms with Gasteiger partial charge < -0.3 is 10.4 Å². The number of hydrogen-bond donors (Lipinski definition) is 2. The first kappa shape index (κ1) is 18.0. The monoisotopic (exact) mass is 369 g/mol. The van der Waals surface area contributed by atoms with Crippen molar-refractivity contribution in [2.45, 2.75) is 25.2 Å². The molecule has 2 aromatic carbocycles. The molecule has 0 bridgehead atoms. The highest BCUT2D eigenvalue weighted by atomic mass is 35.5. The van der Waals surface area contributed by atoms with Gasteiger partial charge in [-0.2, -0.15) is 0 Å². The average Bonchev–Trinajstić information content (AvgIpc) is 2.48. The predicted molar refractivity (Wildman–Crippen MR) is 98.0 cm³/mol. The Hall–Kier alpha value is -1.36. The number of carbonyl (C=O) groups is 1. The molecule has 3 nitrogen and oxygen atoms in total. The zero-order chi connectivity index (χ0) is 17.0. The van der Waals surface area contributed by atoms with Crippen LogP contribution in [0.2, 0.25) is 10.0 Å². The molecular formula is C17H17Cl2NO2S. The standard InChI is InChI=1S/C17H17Cl2NO2S/c1-10-4-3-5-11(2)16(10)20-15(21)6-7-23-12-8-13(18)17(22)14(19)9-12/h3-5,8-9,22H,6-7H2,1-2H3,(H,20,21). The van der Waals surface area contributed by atoms with Gasteiger partial charge >= 0.3 is 0 Å². The summed E-state index contributed by atoms with van der Waals surface area (Å²) in [6.07, 6.45) is 0.370. The quantitative estimate of drug-likeness (QED) is 0.690. The van der Waals surface area contributed by atoms with Gasteiger partial charge in [-0.25, -0.2) is 0 Å². The molecule has 1 amide bonds. The summed E-state index contributed by atoms with van der Waals surface area (Å²) in [5.74, 6) is 0.435. The van der Waals surface area contributed by atoms with Gasteiger partial charge in [-0.05, 0) is 37.1 Å². The van der Waals surface area contributed by atoms with Gasteiger partial charge in [-0.15, -0.1) is 11.8 Å². The number of thioether (sulfide) groups is 1. The number of phenolic OH excluding ortho intramolecular Hbond substituents is 1. The summed E-state index contributed by atoms with van der Waals surface area (Å²) in [4.78, 5) is 12.9. The Bertz CT molecular complexity index is 691. The van der Waals surface area contributed by atoms with Crippen LogP contribution in [0.15, 0.2) is 35.2 Å². The third kappa shape index (κ3) is 4.80. The first-order valence-electron chi connectivity index (χ1n) is 7.05. The zero-order valence-corrected chi connectivity index (χ0v) is 15.1. The van der Waals surface area contributed by atoms with Gasteiger partial charge in [0.15, 0.2) is 5.75 Å². The highest BCUT2D eigenvalue weighted by Crippen LogP contribution is 2.36. The molecule has 0 radical (unpaired) electrons. The highest BCUT2D eigenvalue weighted by molar-refractivity contribution is 7.99. The largest absolute Gasteiger partial charge is 0.505 e. The molecule has 0 saturated carbocycles. The number of para-hydroxylation sites is 1. The summed E-state index contributed by atoms with van der Waals surface area (Å²) in [5, 5.41) is 12.9. The minimum absolute atomic E-state index is 0.0362. The number of amides is 1. The number of aromatic hydroxyl groups is 1. The van der Waals surface area contributed by atoms with Gasteiger partial charge in [0.05, 0.1) is 10.0 Å². The van der Waals surface area contributed by atoms with Crippen LogP contribution in [-0.2, 0) is 4.79 Å². The van der Waals surface area contributed by atoms with Crippen LogP contribution in [0, 0.1) is 13.8 Å². The number of aryl methyl sites for hydroxylation is 2. The van der Waals surface area contributed by atoms with Crippen LogP contribution >= 0.6 is 35.0 Å². The van der Waals surface area contributed by atoms with Crippen LogP contribution in [0.4, 0.5) is 5.69 Å². The van der Waals surface area contributed by atoms with E-state index in [1.165, 1.54) is 11.8 Å². The van der Waals surface area contributed by atoms with E-state index in [1.54, 1.807) is 12.1 Å². The fourth-order valence-corrected chi connectivity index (χ4v) is 3.64. The molecule has 6 heteroatoms. The minimum Gasteiger partial charge on any atom is -0.505 e. The molecule has 0 aliphatic carbocycles. The minimum atomic E-state index is -0.120. The van der Waals surface area contributed by atoms with E-state index in [-0.39, 0.29) is 21.7 Å². The number of benzene rings is 2. The van der Waals surface area contributed by atoms with E-state index in [2.05, 4.69) is 5.32 Å². The van der Waals surface area contributed by atoms with Crippen molar-refractivity contribution in [3.05, 3.63) is 51.5 Å². The number of hydrogen-bond acceptors (Lipinski definition) is 3. The smallest absolute Gasteiger partial charge is 0.225 e. The molecule has 122 valence electrons. The summed E-state index contributed by atoms with van der Waals surface area (Å²) >= 11 is 13.2. The lowest BCUT2D eigenvalue weighted by Crippen LogP contribution is -2.14. The molecule has 0 unspecified atom stereocenters. The number of carbonyl (C=O) groups excluding carboxylic acids is 1. The Morgan fingerprint density at radius 2 is 1.74 bits per heavy atom. The van der Waals surface area contributed by atoms with Crippen molar-refractivity contribution in [3.63, 3.8) is 0 Å². The molecule has 0 aromatic heterocycles. The summed E-state index contributed by atoms with van der Waals surface area (Å²) in [6.45, 7) is 3.94. The second kappa shape index (κ2) is 7.95. The number of rotatable bonds is 5. The lowest BCUT2D eigenvalue weighted by molar-refractivity contribution is -0.115. The van der Waals surface area contributed by atoms with Crippen molar-refractivity contribution in [2.24, 2.45) is 0 Å². The van der Waals surface area contributed by atoms with Crippen molar-refractivity contribution in [2.75, 3.05) is 11.1 Å². The summed E-state index contributed by atoms with van der Waals surface area (Å²) < 4.78 is 0. The zero-order valence-electron chi connectivity index (χ0n) is 12.8. The van der Waals surface area contributed by atoms with Crippen molar-refractivity contribution >= 4 is 46.6 Å². The van der Waals surface area contributed by atoms with Gasteiger partial charge in [0, 0.05) is 22.8 Å². The van der Waals surface area contributed by atoms with Crippen molar-refractivity contribution in [3.8, 4) is 5.75 Å². The average molecular weight is 370 g/mol. The summed E-state index contributed by atoms with van der Waals surface area (Å²) in [5.41, 5.74) is 2.96. The molecule has 2 aromatic rings. The SMILES string of the molecule is Cc1cccc(C)c1NC(=O)CCSc1cc(Cl)c(O)c(Cl)c1. The number of anilines is 1. The van der Waals surface area contributed by atoms with E-state index in [0.717, 1.165) is 21.7 Å². The molecular weight excluding hydrogens is 353 g/mol. The second-order valence-corrected chi connectivity index (χ2v) is 7.13. The maximum Gasteiger partial charge on any atom is 0.225 e. The lowest BCUT2D eigenvalue weighted by atomic mass is 10.1. The molecule has 0 saturated heterocycles. The number of nitrogens with one attached hydrogen (secondary N) is 1. The van der Waals surface area contributed by atoms with Crippen molar-refractivity contribution in [1.82, 2.24) is 0 Å². The van der Waals surface area contributed by atoms with Crippen LogP contribution in [0.1, 0.15) is 17.5 Å². The molecule has 0 fully saturated rings. The number of phenols is 1. The fraction of sp³-hybridized carbons (Fsp3) is 0.235. The summed E-state index contributed by atoms with van der Waals surface area (Å²) in [7, 11) is 0. The first-order chi connectivity index (χ1) is 10.9. The third-order valence-corrected chi connectivity index (χ3v) is 4.89. The van der Waals surface area contributed by atoms with Gasteiger partial charge in [0.2, 0.25) is 5.91 Å². The van der Waals surface area contributed by atoms with E-state index in [1.807, 2.05) is 32.0 Å². The molecule has 0 heterocycles. The van der Waals surface area contributed by atoms with E-state index >= 15 is 0 Å². The topological polar surface area (TPSA) is 49.3 Å². The normalized spacial score (nSPS) is 10.6. The maximum absolute atomic E-state index is 12.1. The van der Waals surface area contributed by atoms with E-state index in [0.29, 0.717) is 12.2 Å². The van der Waals surface area contributed by atoms with Gasteiger partial charge in [-0.1, -0.05) is 41.4 Å². The molecule has 0 atom stereocenters. The Kier molecular flexibility index (Phi) is 6.22. The Labute approximate surface area is 150 Å². The predicted octanol–water partition coefficient (Wildman–Crippen LogP) is 5.44. The van der Waals surface area contributed by atoms with Gasteiger partial charge in [-0.3, -0.25) is 4.79 Å². The molecule has 0 aliphatic heterocycles. The van der Waals surface area contributed by atoms with Crippen LogP contribution in [0.3, 0.4) is 0 Å². The van der Waals surface area contributed by atoms with Gasteiger partial charge in [0.25, 0.3) is 0 Å². The van der Waals surface area contributed by atoms with Crippen LogP contribution < -0.4 is 5.32 Å². The van der Waals surface area contributed by atoms with E-state index in [4.69, 9.17) is 23.2 Å². The molecule has 0 spiro atoms. The van der Waals surface area contributed by atoms with Crippen molar-refractivity contribution < 1.29 is 9.90 Å². The second-order valence-electron chi connectivity index (χ2n) is 5.15. The first-order valence-corrected chi connectivity index (χ1v) is 8.79. The van der Waals surface area contributed by atoms with E-state index in [9.17, 15) is 9.90 Å².